The predicted molar refractivity (Wildman–Crippen MR) is 106 cm³/mol. The number of hydrogen-bond acceptors (Lipinski definition) is 6. The quantitative estimate of drug-likeness (QED) is 0.824. The molecule has 2 amide bonds. The van der Waals surface area contributed by atoms with Crippen LogP contribution in [0.15, 0.2) is 35.7 Å². The number of thiophene rings is 1. The number of amides is 2. The van der Waals surface area contributed by atoms with Crippen LogP contribution in [0.25, 0.3) is 0 Å². The van der Waals surface area contributed by atoms with Crippen LogP contribution in [0.1, 0.15) is 11.6 Å². The Morgan fingerprint density at radius 2 is 2.00 bits per heavy atom. The molecule has 0 spiro atoms. The maximum Gasteiger partial charge on any atom is 0.319 e. The highest BCUT2D eigenvalue weighted by Crippen LogP contribution is 2.35. The minimum Gasteiger partial charge on any atom is -0.454 e. The Labute approximate surface area is 162 Å². The van der Waals surface area contributed by atoms with Crippen molar-refractivity contribution in [1.82, 2.24) is 15.1 Å². The second kappa shape index (κ2) is 8.16. The summed E-state index contributed by atoms with van der Waals surface area (Å²) in [6.07, 6.45) is 0. The zero-order chi connectivity index (χ0) is 18.6. The molecule has 0 bridgehead atoms. The largest absolute Gasteiger partial charge is 0.454 e. The molecule has 27 heavy (non-hydrogen) atoms. The van der Waals surface area contributed by atoms with Gasteiger partial charge in [0.25, 0.3) is 0 Å². The molecule has 2 aliphatic heterocycles. The van der Waals surface area contributed by atoms with Crippen molar-refractivity contribution in [3.63, 3.8) is 0 Å². The molecule has 1 fully saturated rings. The molecular formula is C19H24N4O3S. The normalized spacial score (nSPS) is 18.3. The van der Waals surface area contributed by atoms with Crippen molar-refractivity contribution in [2.24, 2.45) is 0 Å². The first kappa shape index (κ1) is 18.1. The van der Waals surface area contributed by atoms with Crippen molar-refractivity contribution >= 4 is 22.4 Å². The number of hydrogen-bond donors (Lipinski definition) is 2. The number of urea groups is 1. The highest BCUT2D eigenvalue weighted by atomic mass is 32.1. The average molecular weight is 388 g/mol. The Morgan fingerprint density at radius 1 is 1.19 bits per heavy atom. The molecule has 2 N–H and O–H groups in total. The molecule has 3 heterocycles. The monoisotopic (exact) mass is 388 g/mol. The lowest BCUT2D eigenvalue weighted by Gasteiger charge is -2.38. The summed E-state index contributed by atoms with van der Waals surface area (Å²) < 4.78 is 11.0. The number of nitrogens with zero attached hydrogens (tertiary/aromatic N) is 2. The standard InChI is InChI=1S/C19H24N4O3S/c1-22-6-8-23(9-7-22)15(12-20-19(24)21-18-3-2-10-27-18)14-4-5-16-17(11-14)26-13-25-16/h2-5,10-11,15H,6-9,12-13H2,1H3,(H2,20,21,24). The van der Waals surface area contributed by atoms with Gasteiger partial charge in [0.15, 0.2) is 11.5 Å². The molecular weight excluding hydrogens is 364 g/mol. The summed E-state index contributed by atoms with van der Waals surface area (Å²) in [5, 5.41) is 8.68. The van der Waals surface area contributed by atoms with Gasteiger partial charge in [-0.25, -0.2) is 4.79 Å². The molecule has 1 unspecified atom stereocenters. The van der Waals surface area contributed by atoms with Gasteiger partial charge in [0, 0.05) is 32.7 Å². The zero-order valence-electron chi connectivity index (χ0n) is 15.3. The van der Waals surface area contributed by atoms with E-state index in [2.05, 4.69) is 33.5 Å². The molecule has 1 atom stereocenters. The van der Waals surface area contributed by atoms with Crippen molar-refractivity contribution in [2.75, 3.05) is 51.9 Å². The van der Waals surface area contributed by atoms with Gasteiger partial charge in [0.2, 0.25) is 6.79 Å². The maximum absolute atomic E-state index is 12.3. The summed E-state index contributed by atoms with van der Waals surface area (Å²) in [5.41, 5.74) is 1.13. The first-order valence-electron chi connectivity index (χ1n) is 9.09. The minimum atomic E-state index is -0.183. The Hall–Kier alpha value is -2.29. The lowest BCUT2D eigenvalue weighted by atomic mass is 10.0. The van der Waals surface area contributed by atoms with Gasteiger partial charge in [-0.3, -0.25) is 10.2 Å². The molecule has 1 saturated heterocycles. The van der Waals surface area contributed by atoms with E-state index in [1.54, 1.807) is 0 Å². The van der Waals surface area contributed by atoms with Gasteiger partial charge in [-0.1, -0.05) is 6.07 Å². The smallest absolute Gasteiger partial charge is 0.319 e. The van der Waals surface area contributed by atoms with E-state index in [-0.39, 0.29) is 18.9 Å². The highest BCUT2D eigenvalue weighted by molar-refractivity contribution is 7.14. The van der Waals surface area contributed by atoms with Crippen LogP contribution < -0.4 is 20.1 Å². The van der Waals surface area contributed by atoms with Crippen LogP contribution in [0.4, 0.5) is 9.80 Å². The highest BCUT2D eigenvalue weighted by Gasteiger charge is 2.26. The zero-order valence-corrected chi connectivity index (χ0v) is 16.1. The fraction of sp³-hybridized carbons (Fsp3) is 0.421. The molecule has 0 radical (unpaired) electrons. The van der Waals surface area contributed by atoms with Crippen LogP contribution in [0.2, 0.25) is 0 Å². The molecule has 4 rings (SSSR count). The van der Waals surface area contributed by atoms with E-state index in [4.69, 9.17) is 9.47 Å². The third-order valence-electron chi connectivity index (χ3n) is 4.97. The van der Waals surface area contributed by atoms with Gasteiger partial charge in [0.05, 0.1) is 11.0 Å². The number of ether oxygens (including phenoxy) is 2. The second-order valence-electron chi connectivity index (χ2n) is 6.78. The van der Waals surface area contributed by atoms with Crippen LogP contribution >= 0.6 is 11.3 Å². The Kier molecular flexibility index (Phi) is 5.47. The average Bonchev–Trinajstić information content (AvgIpc) is 3.34. The number of likely N-dealkylation sites (N-methyl/N-ethyl adjacent to an activating group) is 1. The van der Waals surface area contributed by atoms with E-state index >= 15 is 0 Å². The van der Waals surface area contributed by atoms with E-state index in [0.717, 1.165) is 48.2 Å². The summed E-state index contributed by atoms with van der Waals surface area (Å²) in [5.74, 6) is 1.55. The molecule has 7 nitrogen and oxygen atoms in total. The van der Waals surface area contributed by atoms with Gasteiger partial charge in [0.1, 0.15) is 0 Å². The van der Waals surface area contributed by atoms with Crippen molar-refractivity contribution in [1.29, 1.82) is 0 Å². The van der Waals surface area contributed by atoms with E-state index < -0.39 is 0 Å². The Morgan fingerprint density at radius 3 is 2.78 bits per heavy atom. The first-order chi connectivity index (χ1) is 13.2. The molecule has 1 aromatic heterocycles. The van der Waals surface area contributed by atoms with E-state index in [0.29, 0.717) is 6.54 Å². The number of piperazine rings is 1. The molecule has 8 heteroatoms. The Balaban J connectivity index is 1.46. The third kappa shape index (κ3) is 4.35. The SMILES string of the molecule is CN1CCN(C(CNC(=O)Nc2cccs2)c2ccc3c(c2)OCO3)CC1. The number of fused-ring (bicyclic) bond motifs is 1. The van der Waals surface area contributed by atoms with Crippen molar-refractivity contribution in [2.45, 2.75) is 6.04 Å². The summed E-state index contributed by atoms with van der Waals surface area (Å²) in [6, 6.07) is 9.76. The second-order valence-corrected chi connectivity index (χ2v) is 7.73. The minimum absolute atomic E-state index is 0.0854. The number of carbonyl (C=O) groups excluding carboxylic acids is 1. The fourth-order valence-corrected chi connectivity index (χ4v) is 4.02. The lowest BCUT2D eigenvalue weighted by molar-refractivity contribution is 0.111. The fourth-order valence-electron chi connectivity index (χ4n) is 3.41. The summed E-state index contributed by atoms with van der Waals surface area (Å²) in [4.78, 5) is 17.0. The number of carbonyl (C=O) groups is 1. The van der Waals surface area contributed by atoms with Crippen LogP contribution in [-0.4, -0.2) is 62.4 Å². The number of nitrogens with one attached hydrogen (secondary N) is 2. The van der Waals surface area contributed by atoms with Gasteiger partial charge in [-0.05, 0) is 42.3 Å². The molecule has 0 saturated carbocycles. The maximum atomic E-state index is 12.3. The van der Waals surface area contributed by atoms with Crippen LogP contribution in [0.5, 0.6) is 11.5 Å². The van der Waals surface area contributed by atoms with Crippen LogP contribution in [0.3, 0.4) is 0 Å². The topological polar surface area (TPSA) is 66.1 Å². The van der Waals surface area contributed by atoms with Gasteiger partial charge >= 0.3 is 6.03 Å². The van der Waals surface area contributed by atoms with Gasteiger partial charge in [-0.2, -0.15) is 0 Å². The van der Waals surface area contributed by atoms with Gasteiger partial charge < -0.3 is 19.7 Å². The molecule has 144 valence electrons. The number of anilines is 1. The summed E-state index contributed by atoms with van der Waals surface area (Å²) in [6.45, 7) is 4.75. The summed E-state index contributed by atoms with van der Waals surface area (Å²) in [7, 11) is 2.14. The number of benzene rings is 1. The molecule has 1 aromatic carbocycles. The molecule has 2 aliphatic rings. The predicted octanol–water partition coefficient (Wildman–Crippen LogP) is 2.59. The lowest BCUT2D eigenvalue weighted by Crippen LogP contribution is -2.48. The first-order valence-corrected chi connectivity index (χ1v) is 9.97. The van der Waals surface area contributed by atoms with E-state index in [1.807, 2.05) is 29.6 Å². The van der Waals surface area contributed by atoms with Crippen molar-refractivity contribution < 1.29 is 14.3 Å². The van der Waals surface area contributed by atoms with Crippen LogP contribution in [0, 0.1) is 0 Å². The molecule has 2 aromatic rings. The van der Waals surface area contributed by atoms with E-state index in [9.17, 15) is 4.79 Å². The van der Waals surface area contributed by atoms with Crippen molar-refractivity contribution in [3.05, 3.63) is 41.3 Å². The van der Waals surface area contributed by atoms with Crippen LogP contribution in [-0.2, 0) is 0 Å². The third-order valence-corrected chi connectivity index (χ3v) is 5.76. The molecule has 0 aliphatic carbocycles. The number of rotatable bonds is 5. The summed E-state index contributed by atoms with van der Waals surface area (Å²) >= 11 is 1.51. The van der Waals surface area contributed by atoms with E-state index in [1.165, 1.54) is 11.3 Å². The van der Waals surface area contributed by atoms with Crippen molar-refractivity contribution in [3.8, 4) is 11.5 Å². The van der Waals surface area contributed by atoms with Gasteiger partial charge in [-0.15, -0.1) is 11.3 Å². The Bertz CT molecular complexity index is 775.